The van der Waals surface area contributed by atoms with E-state index in [0.717, 1.165) is 21.0 Å². The van der Waals surface area contributed by atoms with Gasteiger partial charge < -0.3 is 10.6 Å². The van der Waals surface area contributed by atoms with Crippen molar-refractivity contribution in [3.8, 4) is 0 Å². The van der Waals surface area contributed by atoms with Crippen molar-refractivity contribution in [2.75, 3.05) is 12.4 Å². The van der Waals surface area contributed by atoms with Crippen LogP contribution in [0.1, 0.15) is 5.56 Å². The van der Waals surface area contributed by atoms with Gasteiger partial charge in [-0.3, -0.25) is 0 Å². The summed E-state index contributed by atoms with van der Waals surface area (Å²) in [6.45, 7) is 0.460. The van der Waals surface area contributed by atoms with Crippen LogP contribution in [0.3, 0.4) is 0 Å². The molecule has 6 nitrogen and oxygen atoms in total. The third-order valence-electron chi connectivity index (χ3n) is 4.67. The van der Waals surface area contributed by atoms with E-state index >= 15 is 0 Å². The molecule has 0 radical (unpaired) electrons. The van der Waals surface area contributed by atoms with Crippen LogP contribution in [0.2, 0.25) is 10.3 Å². The SMILES string of the molecule is CNCc1cn(S(=O)(=O)c2cccc(F)c2)c2cc(Nc3ccc(Cl)nc3Cl)ccc12.Cl. The molecule has 4 aromatic rings. The van der Waals surface area contributed by atoms with Gasteiger partial charge >= 0.3 is 0 Å². The zero-order valence-corrected chi connectivity index (χ0v) is 19.8. The van der Waals surface area contributed by atoms with Crippen LogP contribution in [0.25, 0.3) is 10.9 Å². The van der Waals surface area contributed by atoms with Crippen LogP contribution in [0.4, 0.5) is 15.8 Å². The van der Waals surface area contributed by atoms with Crippen LogP contribution in [0.5, 0.6) is 0 Å². The summed E-state index contributed by atoms with van der Waals surface area (Å²) < 4.78 is 41.4. The Labute approximate surface area is 200 Å². The van der Waals surface area contributed by atoms with Gasteiger partial charge in [-0.25, -0.2) is 21.8 Å². The van der Waals surface area contributed by atoms with E-state index in [4.69, 9.17) is 23.2 Å². The van der Waals surface area contributed by atoms with E-state index in [1.807, 2.05) is 12.1 Å². The summed E-state index contributed by atoms with van der Waals surface area (Å²) in [5.74, 6) is -0.625. The zero-order valence-electron chi connectivity index (χ0n) is 16.6. The van der Waals surface area contributed by atoms with Gasteiger partial charge in [-0.15, -0.1) is 12.4 Å². The summed E-state index contributed by atoms with van der Waals surface area (Å²) in [5.41, 5.74) is 2.35. The van der Waals surface area contributed by atoms with E-state index in [2.05, 4.69) is 15.6 Å². The molecule has 0 aliphatic heterocycles. The highest BCUT2D eigenvalue weighted by atomic mass is 35.5. The van der Waals surface area contributed by atoms with Crippen LogP contribution < -0.4 is 10.6 Å². The quantitative estimate of drug-likeness (QED) is 0.327. The van der Waals surface area contributed by atoms with Crippen molar-refractivity contribution in [1.82, 2.24) is 14.3 Å². The predicted molar refractivity (Wildman–Crippen MR) is 128 cm³/mol. The monoisotopic (exact) mass is 514 g/mol. The summed E-state index contributed by atoms with van der Waals surface area (Å²) in [4.78, 5) is 3.85. The van der Waals surface area contributed by atoms with E-state index < -0.39 is 15.8 Å². The first-order valence-corrected chi connectivity index (χ1v) is 11.4. The third-order valence-corrected chi connectivity index (χ3v) is 6.84. The molecule has 0 fully saturated rings. The Bertz CT molecular complexity index is 1390. The number of aromatic nitrogens is 2. The number of nitrogens with zero attached hydrogens (tertiary/aromatic N) is 2. The smallest absolute Gasteiger partial charge is 0.268 e. The van der Waals surface area contributed by atoms with Gasteiger partial charge in [0, 0.05) is 23.8 Å². The molecule has 0 aliphatic carbocycles. The second kappa shape index (κ2) is 9.64. The Hall–Kier alpha value is -2.36. The molecule has 0 amide bonds. The molecule has 2 aromatic carbocycles. The average molecular weight is 516 g/mol. The van der Waals surface area contributed by atoms with Crippen LogP contribution in [-0.4, -0.2) is 24.4 Å². The van der Waals surface area contributed by atoms with Crippen molar-refractivity contribution in [2.24, 2.45) is 0 Å². The lowest BCUT2D eigenvalue weighted by molar-refractivity contribution is 0.584. The Kier molecular flexibility index (Phi) is 7.32. The molecule has 0 bridgehead atoms. The molecule has 0 saturated heterocycles. The van der Waals surface area contributed by atoms with Crippen LogP contribution in [-0.2, 0) is 16.6 Å². The number of nitrogens with one attached hydrogen (secondary N) is 2. The first-order valence-electron chi connectivity index (χ1n) is 9.18. The lowest BCUT2D eigenvalue weighted by Crippen LogP contribution is -2.12. The standard InChI is InChI=1S/C21H17Cl2FN4O2S.ClH/c1-25-11-13-12-28(31(29,30)16-4-2-3-14(24)9-16)19-10-15(5-6-17(13)19)26-18-7-8-20(22)27-21(18)23;/h2-10,12,25-26H,11H2,1H3;1H. The number of benzene rings is 2. The molecule has 0 aliphatic rings. The fourth-order valence-corrected chi connectivity index (χ4v) is 5.08. The van der Waals surface area contributed by atoms with E-state index in [9.17, 15) is 12.8 Å². The fraction of sp³-hybridized carbons (Fsp3) is 0.0952. The average Bonchev–Trinajstić information content (AvgIpc) is 3.09. The van der Waals surface area contributed by atoms with E-state index in [1.54, 1.807) is 31.4 Å². The normalized spacial score (nSPS) is 11.4. The van der Waals surface area contributed by atoms with Crippen LogP contribution in [0.15, 0.2) is 65.7 Å². The van der Waals surface area contributed by atoms with Gasteiger partial charge in [0.1, 0.15) is 11.0 Å². The fourth-order valence-electron chi connectivity index (χ4n) is 3.28. The Morgan fingerprint density at radius 2 is 1.88 bits per heavy atom. The van der Waals surface area contributed by atoms with Crippen molar-refractivity contribution in [3.63, 3.8) is 0 Å². The molecular weight excluding hydrogens is 498 g/mol. The van der Waals surface area contributed by atoms with Gasteiger partial charge in [0.15, 0.2) is 5.15 Å². The molecule has 11 heteroatoms. The highest BCUT2D eigenvalue weighted by Crippen LogP contribution is 2.31. The molecule has 168 valence electrons. The van der Waals surface area contributed by atoms with Gasteiger partial charge in [0.2, 0.25) is 0 Å². The molecule has 2 N–H and O–H groups in total. The summed E-state index contributed by atoms with van der Waals surface area (Å²) in [6, 6.07) is 13.5. The van der Waals surface area contributed by atoms with Gasteiger partial charge in [-0.1, -0.05) is 35.3 Å². The second-order valence-electron chi connectivity index (χ2n) is 6.77. The lowest BCUT2D eigenvalue weighted by Gasteiger charge is -2.11. The first-order chi connectivity index (χ1) is 14.8. The summed E-state index contributed by atoms with van der Waals surface area (Å²) in [7, 11) is -2.25. The van der Waals surface area contributed by atoms with Gasteiger partial charge in [0.25, 0.3) is 10.0 Å². The molecular formula is C21H18Cl3FN4O2S. The second-order valence-corrected chi connectivity index (χ2v) is 9.33. The Balaban J connectivity index is 0.00000289. The number of hydrogen-bond acceptors (Lipinski definition) is 5. The zero-order chi connectivity index (χ0) is 22.2. The van der Waals surface area contributed by atoms with E-state index in [1.165, 1.54) is 18.2 Å². The summed E-state index contributed by atoms with van der Waals surface area (Å²) in [5, 5.41) is 7.36. The summed E-state index contributed by atoms with van der Waals surface area (Å²) in [6.07, 6.45) is 1.54. The summed E-state index contributed by atoms with van der Waals surface area (Å²) >= 11 is 12.0. The maximum absolute atomic E-state index is 13.7. The minimum Gasteiger partial charge on any atom is -0.353 e. The molecule has 0 unspecified atom stereocenters. The molecule has 2 heterocycles. The first kappa shape index (κ1) is 24.3. The van der Waals surface area contributed by atoms with Crippen molar-refractivity contribution in [3.05, 3.63) is 82.5 Å². The highest BCUT2D eigenvalue weighted by molar-refractivity contribution is 7.90. The molecule has 0 saturated carbocycles. The molecule has 0 spiro atoms. The number of pyridine rings is 1. The number of anilines is 2. The highest BCUT2D eigenvalue weighted by Gasteiger charge is 2.22. The number of halogens is 4. The molecule has 32 heavy (non-hydrogen) atoms. The Morgan fingerprint density at radius 1 is 1.09 bits per heavy atom. The van der Waals surface area contributed by atoms with E-state index in [0.29, 0.717) is 23.4 Å². The van der Waals surface area contributed by atoms with Crippen molar-refractivity contribution < 1.29 is 12.8 Å². The number of fused-ring (bicyclic) bond motifs is 1. The molecule has 2 aromatic heterocycles. The largest absolute Gasteiger partial charge is 0.353 e. The van der Waals surface area contributed by atoms with Crippen molar-refractivity contribution in [1.29, 1.82) is 0 Å². The van der Waals surface area contributed by atoms with Crippen molar-refractivity contribution >= 4 is 67.9 Å². The van der Waals surface area contributed by atoms with E-state index in [-0.39, 0.29) is 27.6 Å². The third kappa shape index (κ3) is 4.69. The molecule has 0 atom stereocenters. The maximum Gasteiger partial charge on any atom is 0.268 e. The lowest BCUT2D eigenvalue weighted by atomic mass is 10.1. The maximum atomic E-state index is 13.7. The minimum atomic E-state index is -4.02. The van der Waals surface area contributed by atoms with Crippen LogP contribution >= 0.6 is 35.6 Å². The van der Waals surface area contributed by atoms with Gasteiger partial charge in [-0.2, -0.15) is 0 Å². The van der Waals surface area contributed by atoms with Gasteiger partial charge in [0.05, 0.1) is 16.1 Å². The number of rotatable bonds is 6. The number of hydrogen-bond donors (Lipinski definition) is 2. The topological polar surface area (TPSA) is 76.0 Å². The predicted octanol–water partition coefficient (Wildman–Crippen LogP) is 5.60. The minimum absolute atomic E-state index is 0. The van der Waals surface area contributed by atoms with Gasteiger partial charge in [-0.05, 0) is 55.1 Å². The molecule has 4 rings (SSSR count). The van der Waals surface area contributed by atoms with Crippen molar-refractivity contribution in [2.45, 2.75) is 11.4 Å². The Morgan fingerprint density at radius 3 is 2.56 bits per heavy atom. The van der Waals surface area contributed by atoms with Crippen LogP contribution in [0, 0.1) is 5.82 Å².